The van der Waals surface area contributed by atoms with Crippen molar-refractivity contribution in [2.24, 2.45) is 0 Å². The second kappa shape index (κ2) is 3.74. The zero-order valence-corrected chi connectivity index (χ0v) is 10.1. The lowest BCUT2D eigenvalue weighted by atomic mass is 10.1. The van der Waals surface area contributed by atoms with Gasteiger partial charge in [-0.1, -0.05) is 0 Å². The van der Waals surface area contributed by atoms with Gasteiger partial charge in [0.1, 0.15) is 0 Å². The standard InChI is InChI=1S/C8H7BrINO/c1-4(12)5-2-3-6(9)7(10)8(5)11/h2-3H,11H2,1H3. The van der Waals surface area contributed by atoms with Gasteiger partial charge in [-0.15, -0.1) is 0 Å². The van der Waals surface area contributed by atoms with E-state index in [4.69, 9.17) is 5.73 Å². The van der Waals surface area contributed by atoms with Gasteiger partial charge in [0.2, 0.25) is 0 Å². The van der Waals surface area contributed by atoms with Crippen molar-refractivity contribution in [3.63, 3.8) is 0 Å². The van der Waals surface area contributed by atoms with Crippen LogP contribution >= 0.6 is 38.5 Å². The highest BCUT2D eigenvalue weighted by molar-refractivity contribution is 14.1. The van der Waals surface area contributed by atoms with Crippen molar-refractivity contribution < 1.29 is 4.79 Å². The Kier molecular flexibility index (Phi) is 3.11. The van der Waals surface area contributed by atoms with Crippen LogP contribution in [0.25, 0.3) is 0 Å². The van der Waals surface area contributed by atoms with Crippen molar-refractivity contribution in [3.8, 4) is 0 Å². The van der Waals surface area contributed by atoms with Crippen LogP contribution in [0.15, 0.2) is 16.6 Å². The molecule has 1 aromatic carbocycles. The van der Waals surface area contributed by atoms with Gasteiger partial charge in [-0.3, -0.25) is 4.79 Å². The van der Waals surface area contributed by atoms with Crippen molar-refractivity contribution in [2.75, 3.05) is 5.73 Å². The van der Waals surface area contributed by atoms with Gasteiger partial charge in [-0.25, -0.2) is 0 Å². The molecule has 0 radical (unpaired) electrons. The monoisotopic (exact) mass is 339 g/mol. The molecule has 0 heterocycles. The molecule has 0 spiro atoms. The quantitative estimate of drug-likeness (QED) is 0.485. The Bertz CT molecular complexity index is 338. The lowest BCUT2D eigenvalue weighted by Gasteiger charge is -2.05. The summed E-state index contributed by atoms with van der Waals surface area (Å²) in [6.07, 6.45) is 0. The molecule has 0 bridgehead atoms. The van der Waals surface area contributed by atoms with Crippen molar-refractivity contribution in [1.82, 2.24) is 0 Å². The van der Waals surface area contributed by atoms with E-state index in [9.17, 15) is 4.79 Å². The summed E-state index contributed by atoms with van der Waals surface area (Å²) >= 11 is 5.43. The number of Topliss-reactive ketones (excluding diaryl/α,β-unsaturated/α-hetero) is 1. The Morgan fingerprint density at radius 2 is 2.17 bits per heavy atom. The summed E-state index contributed by atoms with van der Waals surface area (Å²) < 4.78 is 1.81. The number of benzene rings is 1. The minimum absolute atomic E-state index is 0.00193. The Balaban J connectivity index is 3.36. The molecule has 0 unspecified atom stereocenters. The van der Waals surface area contributed by atoms with E-state index in [0.717, 1.165) is 8.04 Å². The van der Waals surface area contributed by atoms with E-state index in [1.165, 1.54) is 6.92 Å². The highest BCUT2D eigenvalue weighted by Crippen LogP contribution is 2.27. The molecular weight excluding hydrogens is 333 g/mol. The highest BCUT2D eigenvalue weighted by Gasteiger charge is 2.09. The summed E-state index contributed by atoms with van der Waals surface area (Å²) in [4.78, 5) is 11.0. The molecule has 0 amide bonds. The number of ketones is 1. The summed E-state index contributed by atoms with van der Waals surface area (Å²) in [5.74, 6) is -0.00193. The number of rotatable bonds is 1. The summed E-state index contributed by atoms with van der Waals surface area (Å²) in [7, 11) is 0. The van der Waals surface area contributed by atoms with Gasteiger partial charge in [-0.05, 0) is 57.6 Å². The molecule has 1 rings (SSSR count). The molecule has 64 valence electrons. The number of anilines is 1. The normalized spacial score (nSPS) is 9.92. The van der Waals surface area contributed by atoms with Gasteiger partial charge >= 0.3 is 0 Å². The smallest absolute Gasteiger partial charge is 0.161 e. The second-order valence-electron chi connectivity index (χ2n) is 2.38. The molecule has 0 aliphatic rings. The minimum atomic E-state index is -0.00193. The van der Waals surface area contributed by atoms with Gasteiger partial charge in [0, 0.05) is 10.0 Å². The van der Waals surface area contributed by atoms with Crippen molar-refractivity contribution in [3.05, 3.63) is 25.7 Å². The molecule has 1 aromatic rings. The number of halogens is 2. The van der Waals surface area contributed by atoms with Crippen molar-refractivity contribution in [2.45, 2.75) is 6.92 Å². The highest BCUT2D eigenvalue weighted by atomic mass is 127. The number of carbonyl (C=O) groups excluding carboxylic acids is 1. The van der Waals surface area contributed by atoms with Crippen LogP contribution in [0.5, 0.6) is 0 Å². The van der Waals surface area contributed by atoms with Gasteiger partial charge in [-0.2, -0.15) is 0 Å². The number of hydrogen-bond acceptors (Lipinski definition) is 2. The van der Waals surface area contributed by atoms with Gasteiger partial charge in [0.25, 0.3) is 0 Å². The predicted octanol–water partition coefficient (Wildman–Crippen LogP) is 2.84. The largest absolute Gasteiger partial charge is 0.397 e. The molecule has 0 saturated heterocycles. The number of nitrogen functional groups attached to an aromatic ring is 1. The third kappa shape index (κ3) is 1.80. The van der Waals surface area contributed by atoms with Crippen molar-refractivity contribution >= 4 is 50.0 Å². The average molecular weight is 340 g/mol. The van der Waals surface area contributed by atoms with E-state index in [1.807, 2.05) is 6.07 Å². The van der Waals surface area contributed by atoms with Crippen LogP contribution in [-0.2, 0) is 0 Å². The van der Waals surface area contributed by atoms with E-state index in [2.05, 4.69) is 38.5 Å². The summed E-state index contributed by atoms with van der Waals surface area (Å²) in [5, 5.41) is 0. The first kappa shape index (κ1) is 9.98. The van der Waals surface area contributed by atoms with Crippen LogP contribution in [0, 0.1) is 3.57 Å². The lowest BCUT2D eigenvalue weighted by molar-refractivity contribution is 0.101. The number of carbonyl (C=O) groups is 1. The third-order valence-electron chi connectivity index (χ3n) is 1.51. The fourth-order valence-electron chi connectivity index (χ4n) is 0.873. The SMILES string of the molecule is CC(=O)c1ccc(Br)c(I)c1N. The summed E-state index contributed by atoms with van der Waals surface area (Å²) in [5.41, 5.74) is 6.86. The molecule has 0 aliphatic heterocycles. The van der Waals surface area contributed by atoms with E-state index >= 15 is 0 Å². The van der Waals surface area contributed by atoms with Gasteiger partial charge < -0.3 is 5.73 Å². The first-order chi connectivity index (χ1) is 5.54. The minimum Gasteiger partial charge on any atom is -0.397 e. The lowest BCUT2D eigenvalue weighted by Crippen LogP contribution is -2.01. The van der Waals surface area contributed by atoms with Crippen LogP contribution in [0.3, 0.4) is 0 Å². The first-order valence-corrected chi connectivity index (χ1v) is 5.15. The summed E-state index contributed by atoms with van der Waals surface area (Å²) in [6, 6.07) is 3.55. The molecule has 2 N–H and O–H groups in total. The van der Waals surface area contributed by atoms with E-state index in [1.54, 1.807) is 6.07 Å². The van der Waals surface area contributed by atoms with Crippen LogP contribution in [0.1, 0.15) is 17.3 Å². The first-order valence-electron chi connectivity index (χ1n) is 3.28. The topological polar surface area (TPSA) is 43.1 Å². The third-order valence-corrected chi connectivity index (χ3v) is 4.08. The fourth-order valence-corrected chi connectivity index (χ4v) is 1.69. The van der Waals surface area contributed by atoms with Gasteiger partial charge in [0.15, 0.2) is 5.78 Å². The van der Waals surface area contributed by atoms with Crippen LogP contribution in [0.4, 0.5) is 5.69 Å². The van der Waals surface area contributed by atoms with Crippen LogP contribution < -0.4 is 5.73 Å². The van der Waals surface area contributed by atoms with Crippen LogP contribution in [0.2, 0.25) is 0 Å². The Morgan fingerprint density at radius 1 is 1.58 bits per heavy atom. The number of hydrogen-bond donors (Lipinski definition) is 1. The van der Waals surface area contributed by atoms with Crippen LogP contribution in [-0.4, -0.2) is 5.78 Å². The number of nitrogens with two attached hydrogens (primary N) is 1. The molecule has 2 nitrogen and oxygen atoms in total. The zero-order chi connectivity index (χ0) is 9.30. The Morgan fingerprint density at radius 3 is 2.67 bits per heavy atom. The second-order valence-corrected chi connectivity index (χ2v) is 4.31. The molecule has 0 aliphatic carbocycles. The molecule has 0 saturated carbocycles. The predicted molar refractivity (Wildman–Crippen MR) is 61.3 cm³/mol. The van der Waals surface area contributed by atoms with E-state index < -0.39 is 0 Å². The average Bonchev–Trinajstić information content (AvgIpc) is 2.00. The molecule has 0 aromatic heterocycles. The van der Waals surface area contributed by atoms with E-state index in [-0.39, 0.29) is 5.78 Å². The maximum atomic E-state index is 11.0. The maximum absolute atomic E-state index is 11.0. The molecule has 12 heavy (non-hydrogen) atoms. The molecule has 0 atom stereocenters. The van der Waals surface area contributed by atoms with Crippen molar-refractivity contribution in [1.29, 1.82) is 0 Å². The van der Waals surface area contributed by atoms with E-state index in [0.29, 0.717) is 11.3 Å². The zero-order valence-electron chi connectivity index (χ0n) is 6.40. The maximum Gasteiger partial charge on any atom is 0.161 e. The molecular formula is C8H7BrINO. The molecule has 0 fully saturated rings. The Hall–Kier alpha value is -0.100. The Labute approximate surface area is 92.8 Å². The molecule has 4 heteroatoms. The van der Waals surface area contributed by atoms with Gasteiger partial charge in [0.05, 0.1) is 9.26 Å². The summed E-state index contributed by atoms with van der Waals surface area (Å²) in [6.45, 7) is 1.51. The fraction of sp³-hybridized carbons (Fsp3) is 0.125.